The van der Waals surface area contributed by atoms with Gasteiger partial charge in [-0.1, -0.05) is 29.8 Å². The molecule has 2 aromatic rings. The summed E-state index contributed by atoms with van der Waals surface area (Å²) in [5, 5.41) is 8.93. The lowest BCUT2D eigenvalue weighted by Gasteiger charge is -2.22. The summed E-state index contributed by atoms with van der Waals surface area (Å²) in [6.07, 6.45) is 1.45. The van der Waals surface area contributed by atoms with Crippen LogP contribution in [0.15, 0.2) is 54.6 Å². The van der Waals surface area contributed by atoms with Crippen LogP contribution in [0, 0.1) is 0 Å². The number of hydrogen-bond donors (Lipinski definition) is 3. The number of halogens is 1. The number of carbonyl (C=O) groups is 3. The average Bonchev–Trinajstić information content (AvgIpc) is 2.81. The first-order chi connectivity index (χ1) is 12.9. The molecule has 0 saturated heterocycles. The van der Waals surface area contributed by atoms with Crippen LogP contribution in [0.3, 0.4) is 0 Å². The fraction of sp³-hybridized carbons (Fsp3) is 0.0556. The Labute approximate surface area is 159 Å². The van der Waals surface area contributed by atoms with Gasteiger partial charge in [-0.2, -0.15) is 0 Å². The Morgan fingerprint density at radius 2 is 1.85 bits per heavy atom. The van der Waals surface area contributed by atoms with Crippen LogP contribution in [0.1, 0.15) is 5.56 Å². The minimum absolute atomic E-state index is 0.177. The van der Waals surface area contributed by atoms with Crippen LogP contribution in [-0.2, 0) is 16.1 Å². The second-order valence-corrected chi connectivity index (χ2v) is 5.94. The maximum Gasteiger partial charge on any atom is 0.341 e. The van der Waals surface area contributed by atoms with E-state index in [1.165, 1.54) is 4.90 Å². The van der Waals surface area contributed by atoms with Gasteiger partial charge in [0, 0.05) is 22.7 Å². The van der Waals surface area contributed by atoms with Gasteiger partial charge in [0.1, 0.15) is 5.75 Å². The van der Waals surface area contributed by atoms with Gasteiger partial charge in [-0.05, 0) is 24.3 Å². The molecule has 3 N–H and O–H groups in total. The van der Waals surface area contributed by atoms with Crippen LogP contribution >= 0.6 is 11.6 Å². The quantitative estimate of drug-likeness (QED) is 0.542. The molecule has 0 atom stereocenters. The molecular formula is C18H14ClN3O5. The average molecular weight is 388 g/mol. The first-order valence-corrected chi connectivity index (χ1v) is 8.15. The summed E-state index contributed by atoms with van der Waals surface area (Å²) in [6.45, 7) is 0.177. The third kappa shape index (κ3) is 4.36. The largest absolute Gasteiger partial charge is 0.478 e. The number of aliphatic carboxylic acids is 1. The SMILES string of the molecule is O=C(O)/C=C/C(=O)NNC(=O)N1Cc2ccccc2Oc2ccc(Cl)cc21. The summed E-state index contributed by atoms with van der Waals surface area (Å²) in [7, 11) is 0. The standard InChI is InChI=1S/C18H14ClN3O5/c19-12-5-6-15-13(9-12)22(10-11-3-1-2-4-14(11)27-15)18(26)21-20-16(23)7-8-17(24)25/h1-9H,10H2,(H,20,23)(H,21,26)(H,24,25)/b8-7+. The van der Waals surface area contributed by atoms with Crippen molar-refractivity contribution >= 4 is 35.2 Å². The number of rotatable bonds is 2. The molecule has 8 nitrogen and oxygen atoms in total. The number of fused-ring (bicyclic) bond motifs is 2. The number of carbonyl (C=O) groups excluding carboxylic acids is 2. The number of nitrogens with one attached hydrogen (secondary N) is 2. The van der Waals surface area contributed by atoms with Gasteiger partial charge in [-0.15, -0.1) is 0 Å². The number of para-hydroxylation sites is 1. The second kappa shape index (κ2) is 7.79. The van der Waals surface area contributed by atoms with E-state index in [0.717, 1.165) is 11.6 Å². The van der Waals surface area contributed by atoms with Crippen molar-refractivity contribution in [1.29, 1.82) is 0 Å². The van der Waals surface area contributed by atoms with Crippen LogP contribution in [0.25, 0.3) is 0 Å². The molecule has 2 aromatic carbocycles. The fourth-order valence-corrected chi connectivity index (χ4v) is 2.61. The Morgan fingerprint density at radius 1 is 1.07 bits per heavy atom. The molecular weight excluding hydrogens is 374 g/mol. The Morgan fingerprint density at radius 3 is 2.63 bits per heavy atom. The Hall–Kier alpha value is -3.52. The normalized spacial score (nSPS) is 12.4. The molecule has 3 rings (SSSR count). The highest BCUT2D eigenvalue weighted by molar-refractivity contribution is 6.31. The monoisotopic (exact) mass is 387 g/mol. The first-order valence-electron chi connectivity index (χ1n) is 7.78. The summed E-state index contributed by atoms with van der Waals surface area (Å²) >= 11 is 6.06. The van der Waals surface area contributed by atoms with E-state index >= 15 is 0 Å². The molecule has 0 fully saturated rings. The topological polar surface area (TPSA) is 108 Å². The van der Waals surface area contributed by atoms with Crippen molar-refractivity contribution in [2.45, 2.75) is 6.54 Å². The highest BCUT2D eigenvalue weighted by Crippen LogP contribution is 2.40. The van der Waals surface area contributed by atoms with Crippen LogP contribution in [0.4, 0.5) is 10.5 Å². The summed E-state index contributed by atoms with van der Waals surface area (Å²) < 4.78 is 5.88. The van der Waals surface area contributed by atoms with Crippen molar-refractivity contribution in [3.05, 3.63) is 65.2 Å². The molecule has 138 valence electrons. The highest BCUT2D eigenvalue weighted by atomic mass is 35.5. The van der Waals surface area contributed by atoms with Gasteiger partial charge in [0.05, 0.1) is 12.2 Å². The third-order valence-corrected chi connectivity index (χ3v) is 3.88. The number of nitrogens with zero attached hydrogens (tertiary/aromatic N) is 1. The molecule has 1 heterocycles. The van der Waals surface area contributed by atoms with Crippen molar-refractivity contribution in [2.75, 3.05) is 4.90 Å². The van der Waals surface area contributed by atoms with Gasteiger partial charge in [-0.25, -0.2) is 15.0 Å². The molecule has 1 aliphatic rings. The zero-order chi connectivity index (χ0) is 19.4. The number of hydrazine groups is 1. The van der Waals surface area contributed by atoms with E-state index in [0.29, 0.717) is 28.3 Å². The van der Waals surface area contributed by atoms with Gasteiger partial charge in [0.2, 0.25) is 0 Å². The van der Waals surface area contributed by atoms with Crippen LogP contribution < -0.4 is 20.5 Å². The smallest absolute Gasteiger partial charge is 0.341 e. The van der Waals surface area contributed by atoms with E-state index in [9.17, 15) is 14.4 Å². The van der Waals surface area contributed by atoms with Crippen molar-refractivity contribution in [3.63, 3.8) is 0 Å². The number of carboxylic acid groups (broad SMARTS) is 1. The van der Waals surface area contributed by atoms with Gasteiger partial charge in [-0.3, -0.25) is 15.1 Å². The van der Waals surface area contributed by atoms with Gasteiger partial charge in [0.25, 0.3) is 5.91 Å². The number of hydrogen-bond acceptors (Lipinski definition) is 4. The minimum Gasteiger partial charge on any atom is -0.478 e. The molecule has 0 unspecified atom stereocenters. The summed E-state index contributed by atoms with van der Waals surface area (Å²) in [5.74, 6) is -1.04. The summed E-state index contributed by atoms with van der Waals surface area (Å²) in [5.41, 5.74) is 5.54. The molecule has 27 heavy (non-hydrogen) atoms. The first kappa shape index (κ1) is 18.3. The van der Waals surface area contributed by atoms with Crippen molar-refractivity contribution in [2.24, 2.45) is 0 Å². The Kier molecular flexibility index (Phi) is 5.28. The lowest BCUT2D eigenvalue weighted by Crippen LogP contribution is -2.48. The van der Waals surface area contributed by atoms with Crippen molar-refractivity contribution < 1.29 is 24.2 Å². The van der Waals surface area contributed by atoms with Crippen molar-refractivity contribution in [3.8, 4) is 11.5 Å². The Balaban J connectivity index is 1.85. The van der Waals surface area contributed by atoms with Gasteiger partial charge >= 0.3 is 12.0 Å². The molecule has 3 amide bonds. The maximum absolute atomic E-state index is 12.6. The number of ether oxygens (including phenoxy) is 1. The van der Waals surface area contributed by atoms with E-state index in [-0.39, 0.29) is 6.54 Å². The number of anilines is 1. The van der Waals surface area contributed by atoms with Crippen LogP contribution in [0.5, 0.6) is 11.5 Å². The number of carboxylic acids is 1. The zero-order valence-electron chi connectivity index (χ0n) is 13.8. The van der Waals surface area contributed by atoms with E-state index in [4.69, 9.17) is 21.4 Å². The molecule has 9 heteroatoms. The molecule has 0 saturated carbocycles. The lowest BCUT2D eigenvalue weighted by atomic mass is 10.2. The number of urea groups is 1. The molecule has 0 radical (unpaired) electrons. The Bertz CT molecular complexity index is 944. The zero-order valence-corrected chi connectivity index (χ0v) is 14.6. The molecule has 0 spiro atoms. The molecule has 0 aromatic heterocycles. The van der Waals surface area contributed by atoms with Crippen LogP contribution in [0.2, 0.25) is 5.02 Å². The van der Waals surface area contributed by atoms with Crippen LogP contribution in [-0.4, -0.2) is 23.0 Å². The lowest BCUT2D eigenvalue weighted by molar-refractivity contribution is -0.131. The summed E-state index contributed by atoms with van der Waals surface area (Å²) in [4.78, 5) is 36.0. The predicted molar refractivity (Wildman–Crippen MR) is 97.6 cm³/mol. The van der Waals surface area contributed by atoms with E-state index in [1.807, 2.05) is 18.2 Å². The van der Waals surface area contributed by atoms with Crippen molar-refractivity contribution in [1.82, 2.24) is 10.9 Å². The van der Waals surface area contributed by atoms with Gasteiger partial charge < -0.3 is 9.84 Å². The third-order valence-electron chi connectivity index (χ3n) is 3.65. The molecule has 0 aliphatic carbocycles. The number of amides is 3. The van der Waals surface area contributed by atoms with E-state index in [1.54, 1.807) is 24.3 Å². The summed E-state index contributed by atoms with van der Waals surface area (Å²) in [6, 6.07) is 11.5. The van der Waals surface area contributed by atoms with E-state index in [2.05, 4.69) is 10.9 Å². The molecule has 1 aliphatic heterocycles. The number of benzene rings is 2. The predicted octanol–water partition coefficient (Wildman–Crippen LogP) is 2.83. The van der Waals surface area contributed by atoms with E-state index < -0.39 is 17.9 Å². The second-order valence-electron chi connectivity index (χ2n) is 5.50. The maximum atomic E-state index is 12.6. The van der Waals surface area contributed by atoms with Gasteiger partial charge in [0.15, 0.2) is 5.75 Å². The minimum atomic E-state index is -1.28. The molecule has 0 bridgehead atoms. The highest BCUT2D eigenvalue weighted by Gasteiger charge is 2.25. The fourth-order valence-electron chi connectivity index (χ4n) is 2.45.